The van der Waals surface area contributed by atoms with Gasteiger partial charge in [-0.2, -0.15) is 0 Å². The minimum atomic E-state index is -0.712. The van der Waals surface area contributed by atoms with E-state index in [2.05, 4.69) is 10.6 Å². The van der Waals surface area contributed by atoms with Gasteiger partial charge >= 0.3 is 11.8 Å². The SMILES string of the molecule is CN(C)[C@@H](CNC(=O)C(=O)Nc1cccc(Cl)c1)c1cccs1. The lowest BCUT2D eigenvalue weighted by Crippen LogP contribution is -2.40. The van der Waals surface area contributed by atoms with Gasteiger partial charge in [0.25, 0.3) is 0 Å². The molecule has 0 bridgehead atoms. The van der Waals surface area contributed by atoms with Crippen molar-refractivity contribution >= 4 is 40.4 Å². The lowest BCUT2D eigenvalue weighted by Gasteiger charge is -2.23. The van der Waals surface area contributed by atoms with Crippen LogP contribution in [0.5, 0.6) is 0 Å². The number of benzene rings is 1. The zero-order valence-corrected chi connectivity index (χ0v) is 14.4. The molecule has 2 aromatic rings. The van der Waals surface area contributed by atoms with Gasteiger partial charge in [-0.05, 0) is 43.7 Å². The molecule has 2 N–H and O–H groups in total. The summed E-state index contributed by atoms with van der Waals surface area (Å²) in [6.07, 6.45) is 0. The molecule has 0 unspecified atom stereocenters. The molecule has 0 saturated heterocycles. The molecule has 1 atom stereocenters. The number of anilines is 1. The summed E-state index contributed by atoms with van der Waals surface area (Å²) in [7, 11) is 3.87. The molecule has 7 heteroatoms. The maximum atomic E-state index is 12.0. The first-order valence-corrected chi connectivity index (χ1v) is 8.27. The van der Waals surface area contributed by atoms with Crippen LogP contribution in [0.4, 0.5) is 5.69 Å². The van der Waals surface area contributed by atoms with Gasteiger partial charge < -0.3 is 15.5 Å². The van der Waals surface area contributed by atoms with E-state index in [1.54, 1.807) is 35.6 Å². The average molecular weight is 352 g/mol. The lowest BCUT2D eigenvalue weighted by molar-refractivity contribution is -0.136. The van der Waals surface area contributed by atoms with E-state index in [1.165, 1.54) is 0 Å². The summed E-state index contributed by atoms with van der Waals surface area (Å²) in [5.41, 5.74) is 0.486. The van der Waals surface area contributed by atoms with Crippen molar-refractivity contribution in [2.45, 2.75) is 6.04 Å². The van der Waals surface area contributed by atoms with Crippen molar-refractivity contribution in [3.8, 4) is 0 Å². The zero-order valence-electron chi connectivity index (χ0n) is 12.9. The Labute approximate surface area is 144 Å². The molecule has 5 nitrogen and oxygen atoms in total. The molecule has 23 heavy (non-hydrogen) atoms. The number of rotatable bonds is 5. The van der Waals surface area contributed by atoms with Crippen molar-refractivity contribution < 1.29 is 9.59 Å². The van der Waals surface area contributed by atoms with Gasteiger partial charge in [0.2, 0.25) is 0 Å². The minimum absolute atomic E-state index is 0.0259. The van der Waals surface area contributed by atoms with Crippen molar-refractivity contribution in [1.82, 2.24) is 10.2 Å². The smallest absolute Gasteiger partial charge is 0.313 e. The fourth-order valence-electron chi connectivity index (χ4n) is 2.04. The number of carbonyl (C=O) groups is 2. The predicted octanol–water partition coefficient (Wildman–Crippen LogP) is 2.76. The highest BCUT2D eigenvalue weighted by molar-refractivity contribution is 7.10. The Balaban J connectivity index is 1.91. The average Bonchev–Trinajstić information content (AvgIpc) is 3.01. The molecule has 1 heterocycles. The highest BCUT2D eigenvalue weighted by Gasteiger charge is 2.19. The van der Waals surface area contributed by atoms with Crippen molar-refractivity contribution in [1.29, 1.82) is 0 Å². The number of likely N-dealkylation sites (N-methyl/N-ethyl adjacent to an activating group) is 1. The van der Waals surface area contributed by atoms with E-state index in [9.17, 15) is 9.59 Å². The molecule has 0 saturated carbocycles. The molecule has 0 radical (unpaired) electrons. The van der Waals surface area contributed by atoms with E-state index in [0.717, 1.165) is 4.88 Å². The first-order valence-electron chi connectivity index (χ1n) is 7.02. The van der Waals surface area contributed by atoms with Gasteiger partial charge in [0.15, 0.2) is 0 Å². The number of thiophene rings is 1. The van der Waals surface area contributed by atoms with E-state index in [0.29, 0.717) is 17.3 Å². The summed E-state index contributed by atoms with van der Waals surface area (Å²) in [6.45, 7) is 0.356. The maximum Gasteiger partial charge on any atom is 0.313 e. The molecule has 0 spiro atoms. The van der Waals surface area contributed by atoms with Crippen molar-refractivity contribution in [2.24, 2.45) is 0 Å². The molecule has 122 valence electrons. The van der Waals surface area contributed by atoms with Crippen LogP contribution in [0.3, 0.4) is 0 Å². The van der Waals surface area contributed by atoms with Crippen molar-refractivity contribution in [2.75, 3.05) is 26.0 Å². The summed E-state index contributed by atoms with van der Waals surface area (Å²) < 4.78 is 0. The zero-order chi connectivity index (χ0) is 16.8. The van der Waals surface area contributed by atoms with Gasteiger partial charge in [0.1, 0.15) is 0 Å². The van der Waals surface area contributed by atoms with E-state index in [1.807, 2.05) is 36.5 Å². The van der Waals surface area contributed by atoms with Crippen LogP contribution in [0.1, 0.15) is 10.9 Å². The van der Waals surface area contributed by atoms with Crippen molar-refractivity contribution in [3.05, 3.63) is 51.7 Å². The number of hydrogen-bond acceptors (Lipinski definition) is 4. The predicted molar refractivity (Wildman–Crippen MR) is 93.8 cm³/mol. The quantitative estimate of drug-likeness (QED) is 0.814. The number of nitrogens with zero attached hydrogens (tertiary/aromatic N) is 1. The molecule has 1 aromatic carbocycles. The lowest BCUT2D eigenvalue weighted by atomic mass is 10.2. The molecule has 1 aromatic heterocycles. The standard InChI is InChI=1S/C16H18ClN3O2S/c1-20(2)13(14-7-4-8-23-14)10-18-15(21)16(22)19-12-6-3-5-11(17)9-12/h3-9,13H,10H2,1-2H3,(H,18,21)(H,19,22)/t13-/m0/s1. The van der Waals surface area contributed by atoms with Crippen LogP contribution in [0.15, 0.2) is 41.8 Å². The van der Waals surface area contributed by atoms with Gasteiger partial charge in [0.05, 0.1) is 6.04 Å². The van der Waals surface area contributed by atoms with Crippen LogP contribution in [-0.2, 0) is 9.59 Å². The second kappa shape index (κ2) is 8.10. The fraction of sp³-hybridized carbons (Fsp3) is 0.250. The van der Waals surface area contributed by atoms with Gasteiger partial charge in [-0.15, -0.1) is 11.3 Å². The first-order chi connectivity index (χ1) is 11.0. The van der Waals surface area contributed by atoms with Gasteiger partial charge in [-0.25, -0.2) is 0 Å². The second-order valence-corrected chi connectivity index (χ2v) is 6.59. The Morgan fingerprint density at radius 1 is 1.22 bits per heavy atom. The van der Waals surface area contributed by atoms with E-state index < -0.39 is 11.8 Å². The Morgan fingerprint density at radius 3 is 2.61 bits per heavy atom. The number of carbonyl (C=O) groups excluding carboxylic acids is 2. The molecule has 0 fully saturated rings. The van der Waals surface area contributed by atoms with Gasteiger partial charge in [0, 0.05) is 22.1 Å². The topological polar surface area (TPSA) is 61.4 Å². The van der Waals surface area contributed by atoms with Crippen LogP contribution < -0.4 is 10.6 Å². The number of amides is 2. The number of nitrogens with one attached hydrogen (secondary N) is 2. The Bertz CT molecular complexity index is 674. The van der Waals surface area contributed by atoms with Crippen molar-refractivity contribution in [3.63, 3.8) is 0 Å². The third kappa shape index (κ3) is 5.06. The third-order valence-electron chi connectivity index (χ3n) is 3.24. The Hall–Kier alpha value is -1.89. The molecule has 0 aliphatic heterocycles. The fourth-order valence-corrected chi connectivity index (χ4v) is 3.16. The molecule has 0 aliphatic carbocycles. The number of halogens is 1. The highest BCUT2D eigenvalue weighted by Crippen LogP contribution is 2.22. The van der Waals surface area contributed by atoms with Crippen LogP contribution >= 0.6 is 22.9 Å². The van der Waals surface area contributed by atoms with Crippen LogP contribution in [0, 0.1) is 0 Å². The number of hydrogen-bond donors (Lipinski definition) is 2. The molecular formula is C16H18ClN3O2S. The van der Waals surface area contributed by atoms with Gasteiger partial charge in [-0.1, -0.05) is 23.7 Å². The largest absolute Gasteiger partial charge is 0.346 e. The maximum absolute atomic E-state index is 12.0. The van der Waals surface area contributed by atoms with Gasteiger partial charge in [-0.3, -0.25) is 9.59 Å². The highest BCUT2D eigenvalue weighted by atomic mass is 35.5. The normalized spacial score (nSPS) is 12.0. The van der Waals surface area contributed by atoms with Crippen LogP contribution in [0.25, 0.3) is 0 Å². The second-order valence-electron chi connectivity index (χ2n) is 5.17. The Kier molecular flexibility index (Phi) is 6.15. The summed E-state index contributed by atoms with van der Waals surface area (Å²) >= 11 is 7.46. The van der Waals surface area contributed by atoms with Crippen LogP contribution in [-0.4, -0.2) is 37.4 Å². The van der Waals surface area contributed by atoms with E-state index in [4.69, 9.17) is 11.6 Å². The third-order valence-corrected chi connectivity index (χ3v) is 4.45. The van der Waals surface area contributed by atoms with Crippen LogP contribution in [0.2, 0.25) is 5.02 Å². The Morgan fingerprint density at radius 2 is 2.00 bits per heavy atom. The molecular weight excluding hydrogens is 334 g/mol. The summed E-state index contributed by atoms with van der Waals surface area (Å²) in [5, 5.41) is 7.67. The summed E-state index contributed by atoms with van der Waals surface area (Å²) in [4.78, 5) is 27.0. The molecule has 2 rings (SSSR count). The summed E-state index contributed by atoms with van der Waals surface area (Å²) in [5.74, 6) is -1.38. The molecule has 0 aliphatic rings. The summed E-state index contributed by atoms with van der Waals surface area (Å²) in [6, 6.07) is 10.6. The molecule has 2 amide bonds. The van der Waals surface area contributed by atoms with E-state index in [-0.39, 0.29) is 6.04 Å². The minimum Gasteiger partial charge on any atom is -0.346 e. The first kappa shape index (κ1) is 17.5. The monoisotopic (exact) mass is 351 g/mol. The van der Waals surface area contributed by atoms with E-state index >= 15 is 0 Å².